The van der Waals surface area contributed by atoms with E-state index in [4.69, 9.17) is 0 Å². The molecule has 0 rings (SSSR count). The van der Waals surface area contributed by atoms with Gasteiger partial charge in [0.25, 0.3) is 0 Å². The van der Waals surface area contributed by atoms with Crippen LogP contribution in [0.3, 0.4) is 0 Å². The molecule has 12 heavy (non-hydrogen) atoms. The number of carbonyl (C=O) groups excluding carboxylic acids is 2. The van der Waals surface area contributed by atoms with Crippen LogP contribution < -0.4 is 56.5 Å². The first-order valence-electron chi connectivity index (χ1n) is 3.12. The van der Waals surface area contributed by atoms with Gasteiger partial charge in [0, 0.05) is 0 Å². The van der Waals surface area contributed by atoms with Gasteiger partial charge in [0.05, 0.1) is 19.0 Å². The van der Waals surface area contributed by atoms with Crippen LogP contribution in [0.15, 0.2) is 12.2 Å². The van der Waals surface area contributed by atoms with Crippen LogP contribution in [0.2, 0.25) is 0 Å². The van der Waals surface area contributed by atoms with Gasteiger partial charge >= 0.3 is 57.4 Å². The van der Waals surface area contributed by atoms with Crippen molar-refractivity contribution in [1.82, 2.24) is 0 Å². The van der Waals surface area contributed by atoms with Crippen molar-refractivity contribution in [2.75, 3.05) is 6.61 Å². The summed E-state index contributed by atoms with van der Waals surface area (Å²) in [6.45, 7) is 4.99. The fourth-order valence-electron chi connectivity index (χ4n) is 0.458. The van der Waals surface area contributed by atoms with E-state index in [0.717, 1.165) is 0 Å². The van der Waals surface area contributed by atoms with Crippen LogP contribution in [0, 0.1) is 0 Å². The maximum atomic E-state index is 10.6. The van der Waals surface area contributed by atoms with E-state index in [1.165, 1.54) is 0 Å². The van der Waals surface area contributed by atoms with E-state index in [2.05, 4.69) is 11.3 Å². The zero-order valence-electron chi connectivity index (χ0n) is 7.25. The largest absolute Gasteiger partial charge is 1.00 e. The van der Waals surface area contributed by atoms with Gasteiger partial charge in [0.2, 0.25) is 0 Å². The molecule has 0 heterocycles. The quantitative estimate of drug-likeness (QED) is 0.263. The number of aliphatic carboxylic acids is 1. The van der Waals surface area contributed by atoms with Gasteiger partial charge in [-0.2, -0.15) is 0 Å². The Morgan fingerprint density at radius 1 is 1.50 bits per heavy atom. The van der Waals surface area contributed by atoms with E-state index >= 15 is 0 Å². The summed E-state index contributed by atoms with van der Waals surface area (Å²) in [6.07, 6.45) is -0.309. The van der Waals surface area contributed by atoms with Gasteiger partial charge in [0.15, 0.2) is 0 Å². The molecular formula is C7H9KO4. The molecular weight excluding hydrogens is 187 g/mol. The molecule has 0 amide bonds. The maximum absolute atomic E-state index is 10.6. The average molecular weight is 196 g/mol. The van der Waals surface area contributed by atoms with E-state index in [1.807, 2.05) is 0 Å². The topological polar surface area (TPSA) is 66.4 Å². The van der Waals surface area contributed by atoms with Crippen molar-refractivity contribution >= 4 is 11.9 Å². The van der Waals surface area contributed by atoms with E-state index in [-0.39, 0.29) is 70.0 Å². The molecule has 0 radical (unpaired) electrons. The van der Waals surface area contributed by atoms with Crippen molar-refractivity contribution in [1.29, 1.82) is 0 Å². The molecule has 0 saturated carbocycles. The Morgan fingerprint density at radius 3 is 2.33 bits per heavy atom. The number of ether oxygens (including phenoxy) is 1. The number of carboxylic acids is 1. The minimum Gasteiger partial charge on any atom is -0.545 e. The smallest absolute Gasteiger partial charge is 0.545 e. The Bertz CT molecular complexity index is 188. The Kier molecular flexibility index (Phi) is 9.81. The third kappa shape index (κ3) is 6.99. The molecule has 4 nitrogen and oxygen atoms in total. The fourth-order valence-corrected chi connectivity index (χ4v) is 0.458. The number of hydrogen-bond donors (Lipinski definition) is 0. The Labute approximate surface area is 113 Å². The summed E-state index contributed by atoms with van der Waals surface area (Å²) in [5, 5.41) is 10.0. The van der Waals surface area contributed by atoms with Crippen molar-refractivity contribution in [2.24, 2.45) is 0 Å². The van der Waals surface area contributed by atoms with Gasteiger partial charge in [-0.1, -0.05) is 6.58 Å². The first-order chi connectivity index (χ1) is 5.07. The zero-order chi connectivity index (χ0) is 8.85. The summed E-state index contributed by atoms with van der Waals surface area (Å²) in [7, 11) is 0. The third-order valence-electron chi connectivity index (χ3n) is 0.952. The summed E-state index contributed by atoms with van der Waals surface area (Å²) >= 11 is 0. The molecule has 0 aromatic heterocycles. The summed E-state index contributed by atoms with van der Waals surface area (Å²) in [4.78, 5) is 20.6. The minimum atomic E-state index is -1.42. The number of esters is 1. The van der Waals surface area contributed by atoms with Crippen molar-refractivity contribution in [3.05, 3.63) is 12.2 Å². The molecule has 0 aliphatic rings. The second-order valence-corrected chi connectivity index (χ2v) is 1.87. The van der Waals surface area contributed by atoms with E-state index in [9.17, 15) is 14.7 Å². The molecule has 0 N–H and O–H groups in total. The van der Waals surface area contributed by atoms with Crippen LogP contribution in [0.25, 0.3) is 0 Å². The number of carboxylic acid groups (broad SMARTS) is 1. The van der Waals surface area contributed by atoms with E-state index in [1.54, 1.807) is 6.92 Å². The molecule has 0 bridgehead atoms. The molecule has 0 aromatic rings. The predicted octanol–water partition coefficient (Wildman–Crippen LogP) is -3.75. The normalized spacial score (nSPS) is 8.08. The predicted molar refractivity (Wildman–Crippen MR) is 35.4 cm³/mol. The molecule has 0 aliphatic heterocycles. The second-order valence-electron chi connectivity index (χ2n) is 1.87. The summed E-state index contributed by atoms with van der Waals surface area (Å²) in [5.74, 6) is -2.01. The molecule has 0 atom stereocenters. The van der Waals surface area contributed by atoms with Gasteiger partial charge in [-0.15, -0.1) is 0 Å². The average Bonchev–Trinajstić information content (AvgIpc) is 1.87. The molecule has 0 unspecified atom stereocenters. The van der Waals surface area contributed by atoms with Crippen LogP contribution in [0.5, 0.6) is 0 Å². The van der Waals surface area contributed by atoms with Crippen molar-refractivity contribution in [3.8, 4) is 0 Å². The standard InChI is InChI=1S/C7H10O4.K/c1-3-11-6(8)4-5(2)7(9)10;/h2-4H2,1H3,(H,9,10);/q;+1/p-1. The van der Waals surface area contributed by atoms with Crippen LogP contribution in [-0.4, -0.2) is 18.5 Å². The molecule has 0 aromatic carbocycles. The number of carbonyl (C=O) groups is 2. The van der Waals surface area contributed by atoms with Crippen molar-refractivity contribution in [3.63, 3.8) is 0 Å². The summed E-state index contributed by atoms with van der Waals surface area (Å²) in [6, 6.07) is 0. The molecule has 62 valence electrons. The second kappa shape index (κ2) is 7.94. The van der Waals surface area contributed by atoms with Crippen LogP contribution in [0.1, 0.15) is 13.3 Å². The Hall–Kier alpha value is 0.316. The first-order valence-corrected chi connectivity index (χ1v) is 3.12. The molecule has 0 spiro atoms. The summed E-state index contributed by atoms with van der Waals surface area (Å²) in [5.41, 5.74) is -0.261. The molecule has 0 saturated heterocycles. The van der Waals surface area contributed by atoms with Crippen LogP contribution >= 0.6 is 0 Å². The van der Waals surface area contributed by atoms with Gasteiger partial charge in [-0.05, 0) is 12.5 Å². The zero-order valence-corrected chi connectivity index (χ0v) is 10.4. The number of hydrogen-bond acceptors (Lipinski definition) is 4. The van der Waals surface area contributed by atoms with Gasteiger partial charge < -0.3 is 14.6 Å². The third-order valence-corrected chi connectivity index (χ3v) is 0.952. The van der Waals surface area contributed by atoms with Crippen molar-refractivity contribution < 1.29 is 70.8 Å². The van der Waals surface area contributed by atoms with E-state index < -0.39 is 11.9 Å². The monoisotopic (exact) mass is 196 g/mol. The fraction of sp³-hybridized carbons (Fsp3) is 0.429. The van der Waals surface area contributed by atoms with Gasteiger partial charge in [0.1, 0.15) is 0 Å². The first kappa shape index (κ1) is 14.8. The Balaban J connectivity index is 0. The molecule has 0 aliphatic carbocycles. The minimum absolute atomic E-state index is 0. The van der Waals surface area contributed by atoms with Crippen LogP contribution in [0.4, 0.5) is 0 Å². The van der Waals surface area contributed by atoms with Crippen molar-refractivity contribution in [2.45, 2.75) is 13.3 Å². The van der Waals surface area contributed by atoms with Crippen LogP contribution in [-0.2, 0) is 14.3 Å². The number of rotatable bonds is 4. The van der Waals surface area contributed by atoms with Gasteiger partial charge in [-0.3, -0.25) is 4.79 Å². The maximum Gasteiger partial charge on any atom is 1.00 e. The Morgan fingerprint density at radius 2 is 2.00 bits per heavy atom. The summed E-state index contributed by atoms with van der Waals surface area (Å²) < 4.78 is 4.47. The van der Waals surface area contributed by atoms with Gasteiger partial charge in [-0.25, -0.2) is 0 Å². The van der Waals surface area contributed by atoms with E-state index in [0.29, 0.717) is 0 Å². The molecule has 5 heteroatoms. The SMILES string of the molecule is C=C(CC(=O)OCC)C(=O)[O-].[K+]. The molecule has 0 fully saturated rings.